The number of Topliss-reactive ketones (excluding diaryl/α,β-unsaturated/α-hetero) is 1. The quantitative estimate of drug-likeness (QED) is 0.248. The summed E-state index contributed by atoms with van der Waals surface area (Å²) in [5.41, 5.74) is -1.34. The molecule has 0 aromatic carbocycles. The lowest BCUT2D eigenvalue weighted by atomic mass is 9.42. The van der Waals surface area contributed by atoms with Gasteiger partial charge in [-0.05, 0) is 83.6 Å². The molecule has 0 radical (unpaired) electrons. The highest BCUT2D eigenvalue weighted by Gasteiger charge is 2.68. The van der Waals surface area contributed by atoms with Gasteiger partial charge in [-0.15, -0.1) is 0 Å². The third-order valence-electron chi connectivity index (χ3n) is 9.77. The molecule has 0 saturated heterocycles. The zero-order chi connectivity index (χ0) is 29.6. The van der Waals surface area contributed by atoms with Gasteiger partial charge in [-0.2, -0.15) is 0 Å². The van der Waals surface area contributed by atoms with Crippen LogP contribution in [0.1, 0.15) is 87.5 Å². The lowest BCUT2D eigenvalue weighted by Crippen LogP contribution is -2.61. The monoisotopic (exact) mass is 540 g/mol. The number of esters is 1. The Morgan fingerprint density at radius 3 is 2.21 bits per heavy atom. The Labute approximate surface area is 232 Å². The molecule has 3 aliphatic carbocycles. The summed E-state index contributed by atoms with van der Waals surface area (Å²) in [7, 11) is 0. The highest BCUT2D eigenvalue weighted by atomic mass is 16.5. The summed E-state index contributed by atoms with van der Waals surface area (Å²) in [4.78, 5) is 51.2. The van der Waals surface area contributed by atoms with Crippen molar-refractivity contribution in [1.82, 2.24) is 0 Å². The van der Waals surface area contributed by atoms with Crippen LogP contribution in [-0.4, -0.2) is 45.4 Å². The minimum atomic E-state index is -1.26. The molecule has 3 fully saturated rings. The second kappa shape index (κ2) is 10.6. The number of carbonyl (C=O) groups excluding carboxylic acids is 3. The van der Waals surface area contributed by atoms with Gasteiger partial charge in [0, 0.05) is 29.9 Å². The van der Waals surface area contributed by atoms with Crippen molar-refractivity contribution in [2.75, 3.05) is 0 Å². The largest absolute Gasteiger partial charge is 0.481 e. The molecule has 0 spiro atoms. The Hall–Kier alpha value is -2.80. The van der Waals surface area contributed by atoms with Crippen LogP contribution in [0.15, 0.2) is 47.1 Å². The third kappa shape index (κ3) is 5.60. The number of rotatable bonds is 7. The molecule has 0 unspecified atom stereocenters. The summed E-state index contributed by atoms with van der Waals surface area (Å²) in [5.74, 6) is -2.11. The second-order valence-corrected chi connectivity index (χ2v) is 13.0. The Kier molecular flexibility index (Phi) is 8.39. The summed E-state index contributed by atoms with van der Waals surface area (Å²) in [6.07, 6.45) is 10.2. The molecule has 7 nitrogen and oxygen atoms in total. The Balaban J connectivity index is 1.94. The van der Waals surface area contributed by atoms with Gasteiger partial charge in [-0.25, -0.2) is 0 Å². The minimum Gasteiger partial charge on any atom is -0.481 e. The Bertz CT molecular complexity index is 1180. The summed E-state index contributed by atoms with van der Waals surface area (Å²) < 4.78 is 5.53. The van der Waals surface area contributed by atoms with Crippen LogP contribution in [0.2, 0.25) is 0 Å². The van der Waals surface area contributed by atoms with Crippen molar-refractivity contribution >= 4 is 23.5 Å². The van der Waals surface area contributed by atoms with E-state index < -0.39 is 39.9 Å². The number of carbonyl (C=O) groups is 4. The van der Waals surface area contributed by atoms with Gasteiger partial charge >= 0.3 is 11.9 Å². The molecular weight excluding hydrogens is 496 g/mol. The van der Waals surface area contributed by atoms with E-state index in [1.807, 2.05) is 6.92 Å². The SMILES string of the molecule is CC(=O)O[C@@H]1CC[C@@]2(C)[C@@H](CC[C@]3(C)C(=C(C)C(=O)/C=C/C(C)=C/C=C/C(C)(C)O)C(=O)C[C@@H]23)[C@@]1(C)C(=O)O. The van der Waals surface area contributed by atoms with Crippen molar-refractivity contribution < 1.29 is 34.1 Å². The molecule has 0 heterocycles. The van der Waals surface area contributed by atoms with Gasteiger partial charge in [0.2, 0.25) is 0 Å². The van der Waals surface area contributed by atoms with Crippen LogP contribution in [0.5, 0.6) is 0 Å². The van der Waals surface area contributed by atoms with Crippen molar-refractivity contribution in [2.24, 2.45) is 28.1 Å². The Morgan fingerprint density at radius 2 is 1.64 bits per heavy atom. The van der Waals surface area contributed by atoms with E-state index in [2.05, 4.69) is 13.8 Å². The predicted molar refractivity (Wildman–Crippen MR) is 149 cm³/mol. The zero-order valence-electron chi connectivity index (χ0n) is 24.6. The smallest absolute Gasteiger partial charge is 0.313 e. The summed E-state index contributed by atoms with van der Waals surface area (Å²) >= 11 is 0. The molecule has 3 rings (SSSR count). The molecule has 7 heteroatoms. The normalized spacial score (nSPS) is 36.6. The predicted octanol–water partition coefficient (Wildman–Crippen LogP) is 5.53. The minimum absolute atomic E-state index is 0.0388. The van der Waals surface area contributed by atoms with E-state index >= 15 is 0 Å². The van der Waals surface area contributed by atoms with Crippen LogP contribution in [0.4, 0.5) is 0 Å². The van der Waals surface area contributed by atoms with Gasteiger partial charge in [-0.3, -0.25) is 19.2 Å². The first-order valence-electron chi connectivity index (χ1n) is 13.8. The maximum atomic E-state index is 13.5. The van der Waals surface area contributed by atoms with Gasteiger partial charge in [0.25, 0.3) is 0 Å². The molecule has 0 aliphatic heterocycles. The fraction of sp³-hybridized carbons (Fsp3) is 0.625. The van der Waals surface area contributed by atoms with Crippen molar-refractivity contribution in [3.8, 4) is 0 Å². The van der Waals surface area contributed by atoms with Crippen LogP contribution >= 0.6 is 0 Å². The fourth-order valence-corrected chi connectivity index (χ4v) is 7.83. The van der Waals surface area contributed by atoms with Crippen LogP contribution in [0.3, 0.4) is 0 Å². The van der Waals surface area contributed by atoms with Crippen LogP contribution in [0, 0.1) is 28.1 Å². The van der Waals surface area contributed by atoms with Gasteiger partial charge < -0.3 is 14.9 Å². The fourth-order valence-electron chi connectivity index (χ4n) is 7.83. The molecule has 39 heavy (non-hydrogen) atoms. The number of fused-ring (bicyclic) bond motifs is 3. The average molecular weight is 541 g/mol. The molecule has 0 amide bonds. The molecule has 3 saturated carbocycles. The van der Waals surface area contributed by atoms with E-state index in [0.29, 0.717) is 36.8 Å². The number of ketones is 2. The molecule has 0 aromatic heterocycles. The molecule has 214 valence electrons. The number of ether oxygens (including phenoxy) is 1. The summed E-state index contributed by atoms with van der Waals surface area (Å²) in [5, 5.41) is 20.2. The molecule has 0 aromatic rings. The van der Waals surface area contributed by atoms with Crippen molar-refractivity contribution in [3.63, 3.8) is 0 Å². The lowest BCUT2D eigenvalue weighted by Gasteiger charge is -2.61. The van der Waals surface area contributed by atoms with E-state index in [1.54, 1.807) is 52.0 Å². The number of hydrogen-bond donors (Lipinski definition) is 2. The van der Waals surface area contributed by atoms with E-state index in [0.717, 1.165) is 5.57 Å². The van der Waals surface area contributed by atoms with E-state index in [9.17, 15) is 29.4 Å². The third-order valence-corrected chi connectivity index (χ3v) is 9.77. The van der Waals surface area contributed by atoms with Crippen molar-refractivity contribution in [1.29, 1.82) is 0 Å². The maximum Gasteiger partial charge on any atom is 0.313 e. The number of allylic oxidation sites excluding steroid dienone is 7. The van der Waals surface area contributed by atoms with Crippen LogP contribution < -0.4 is 0 Å². The first-order chi connectivity index (χ1) is 17.9. The average Bonchev–Trinajstić information content (AvgIpc) is 3.09. The summed E-state index contributed by atoms with van der Waals surface area (Å²) in [6.45, 7) is 14.1. The Morgan fingerprint density at radius 1 is 1.00 bits per heavy atom. The standard InChI is InChI=1S/C32H44O7/c1-19(10-9-15-29(4,5)38)11-12-22(34)20(2)27-23(35)18-25-30(6)17-14-26(39-21(3)33)32(8,28(36)37)24(30)13-16-31(25,27)7/h9-12,15,24-26,38H,13-14,16-18H2,1-8H3,(H,36,37)/b12-11+,15-9+,19-10+,27-20?/t24-,25+,26-,30+,31+,32-/m1/s1. The highest BCUT2D eigenvalue weighted by molar-refractivity contribution is 6.12. The number of aliphatic hydroxyl groups is 1. The number of carboxylic acid groups (broad SMARTS) is 1. The summed E-state index contributed by atoms with van der Waals surface area (Å²) in [6, 6.07) is 0. The van der Waals surface area contributed by atoms with E-state index in [4.69, 9.17) is 4.74 Å². The molecule has 6 atom stereocenters. The first-order valence-corrected chi connectivity index (χ1v) is 13.8. The van der Waals surface area contributed by atoms with Crippen molar-refractivity contribution in [3.05, 3.63) is 47.1 Å². The first kappa shape index (κ1) is 30.7. The van der Waals surface area contributed by atoms with E-state index in [-0.39, 0.29) is 29.8 Å². The van der Waals surface area contributed by atoms with Crippen molar-refractivity contribution in [2.45, 2.75) is 99.2 Å². The van der Waals surface area contributed by atoms with Gasteiger partial charge in [0.15, 0.2) is 11.6 Å². The lowest BCUT2D eigenvalue weighted by molar-refractivity contribution is -0.204. The molecule has 0 bridgehead atoms. The molecule has 2 N–H and O–H groups in total. The van der Waals surface area contributed by atoms with Gasteiger partial charge in [0.1, 0.15) is 11.5 Å². The van der Waals surface area contributed by atoms with Gasteiger partial charge in [0.05, 0.1) is 5.60 Å². The molecule has 3 aliphatic rings. The molecular formula is C32H44O7. The second-order valence-electron chi connectivity index (χ2n) is 13.0. The van der Waals surface area contributed by atoms with Crippen LogP contribution in [0.25, 0.3) is 0 Å². The number of hydrogen-bond acceptors (Lipinski definition) is 6. The van der Waals surface area contributed by atoms with E-state index in [1.165, 1.54) is 13.0 Å². The zero-order valence-corrected chi connectivity index (χ0v) is 24.6. The van der Waals surface area contributed by atoms with Gasteiger partial charge in [-0.1, -0.05) is 43.7 Å². The van der Waals surface area contributed by atoms with Crippen LogP contribution in [-0.2, 0) is 23.9 Å². The topological polar surface area (TPSA) is 118 Å². The number of carboxylic acids is 1. The maximum absolute atomic E-state index is 13.5. The number of aliphatic carboxylic acids is 1. The highest BCUT2D eigenvalue weighted by Crippen LogP contribution is 2.69.